The van der Waals surface area contributed by atoms with Gasteiger partial charge in [-0.05, 0) is 63.6 Å². The second-order valence-corrected chi connectivity index (χ2v) is 9.27. The van der Waals surface area contributed by atoms with Crippen LogP contribution in [0.4, 0.5) is 10.8 Å². The van der Waals surface area contributed by atoms with Crippen LogP contribution in [0.1, 0.15) is 43.0 Å². The molecule has 0 spiro atoms. The Hall–Kier alpha value is -2.21. The predicted octanol–water partition coefficient (Wildman–Crippen LogP) is 4.15. The summed E-state index contributed by atoms with van der Waals surface area (Å²) in [5.74, 6) is 0.779. The van der Waals surface area contributed by atoms with Gasteiger partial charge in [0.25, 0.3) is 0 Å². The Bertz CT molecular complexity index is 943. The first kappa shape index (κ1) is 16.9. The van der Waals surface area contributed by atoms with Crippen LogP contribution in [0.15, 0.2) is 18.2 Å². The van der Waals surface area contributed by atoms with Crippen LogP contribution in [-0.4, -0.2) is 22.8 Å². The first-order chi connectivity index (χ1) is 13.0. The van der Waals surface area contributed by atoms with E-state index in [-0.39, 0.29) is 29.7 Å². The lowest BCUT2D eigenvalue weighted by Crippen LogP contribution is -2.36. The summed E-state index contributed by atoms with van der Waals surface area (Å²) < 4.78 is 0. The Morgan fingerprint density at radius 1 is 1.19 bits per heavy atom. The molecule has 0 radical (unpaired) electrons. The Morgan fingerprint density at radius 2 is 1.93 bits per heavy atom. The number of fused-ring (bicyclic) bond motifs is 1. The van der Waals surface area contributed by atoms with Crippen molar-refractivity contribution in [3.8, 4) is 11.3 Å². The van der Waals surface area contributed by atoms with Crippen molar-refractivity contribution < 1.29 is 9.59 Å². The van der Waals surface area contributed by atoms with Gasteiger partial charge in [-0.25, -0.2) is 4.98 Å². The molecule has 6 heteroatoms. The van der Waals surface area contributed by atoms with E-state index in [9.17, 15) is 9.59 Å². The smallest absolute Gasteiger partial charge is 0.230 e. The van der Waals surface area contributed by atoms with Crippen molar-refractivity contribution in [3.63, 3.8) is 0 Å². The average molecular weight is 382 g/mol. The number of benzene rings is 1. The van der Waals surface area contributed by atoms with E-state index in [1.165, 1.54) is 16.9 Å². The third-order valence-corrected chi connectivity index (χ3v) is 6.59. The van der Waals surface area contributed by atoms with Gasteiger partial charge in [-0.2, -0.15) is 0 Å². The molecule has 140 valence electrons. The highest BCUT2D eigenvalue weighted by atomic mass is 32.1. The van der Waals surface area contributed by atoms with Crippen LogP contribution in [0.3, 0.4) is 0 Å². The summed E-state index contributed by atoms with van der Waals surface area (Å²) in [4.78, 5) is 32.4. The Morgan fingerprint density at radius 3 is 2.63 bits per heavy atom. The third kappa shape index (κ3) is 3.06. The third-order valence-electron chi connectivity index (χ3n) is 5.71. The van der Waals surface area contributed by atoms with E-state index in [0.29, 0.717) is 5.13 Å². The van der Waals surface area contributed by atoms with Gasteiger partial charge in [0, 0.05) is 34.0 Å². The van der Waals surface area contributed by atoms with Gasteiger partial charge in [0.1, 0.15) is 0 Å². The number of amides is 2. The summed E-state index contributed by atoms with van der Waals surface area (Å²) in [6, 6.07) is 6.50. The maximum absolute atomic E-state index is 12.6. The fourth-order valence-corrected chi connectivity index (χ4v) is 4.75. The summed E-state index contributed by atoms with van der Waals surface area (Å²) >= 11 is 1.53. The molecule has 2 fully saturated rings. The van der Waals surface area contributed by atoms with Gasteiger partial charge in [-0.3, -0.25) is 9.59 Å². The number of carbonyl (C=O) groups excluding carboxylic acids is 2. The van der Waals surface area contributed by atoms with Crippen LogP contribution in [-0.2, 0) is 16.0 Å². The molecule has 1 aromatic carbocycles. The Labute approximate surface area is 162 Å². The molecular formula is C21H23N3O2S. The first-order valence-electron chi connectivity index (χ1n) is 9.76. The molecular weight excluding hydrogens is 358 g/mol. The quantitative estimate of drug-likeness (QED) is 0.865. The number of hydrogen-bond donors (Lipinski definition) is 1. The molecule has 1 unspecified atom stereocenters. The number of rotatable bonds is 4. The lowest BCUT2D eigenvalue weighted by Gasteiger charge is -2.22. The standard InChI is InChI=1S/C21H23N3O2S/c1-11-9-16-10-15(7-8-17(16)24(11)20(26)14-5-6-14)18-12(2)27-21(22-18)23-19(25)13-3-4-13/h7-8,10-11,13-14H,3-6,9H2,1-2H3,(H,22,23,25). The molecule has 2 aliphatic carbocycles. The number of nitrogens with one attached hydrogen (secondary N) is 1. The molecule has 2 saturated carbocycles. The van der Waals surface area contributed by atoms with Crippen molar-refractivity contribution in [2.75, 3.05) is 10.2 Å². The topological polar surface area (TPSA) is 62.3 Å². The van der Waals surface area contributed by atoms with Crippen LogP contribution < -0.4 is 10.2 Å². The number of aromatic nitrogens is 1. The molecule has 1 aromatic heterocycles. The van der Waals surface area contributed by atoms with Gasteiger partial charge in [0.2, 0.25) is 11.8 Å². The van der Waals surface area contributed by atoms with Gasteiger partial charge in [-0.15, -0.1) is 11.3 Å². The zero-order valence-corrected chi connectivity index (χ0v) is 16.4. The van der Waals surface area contributed by atoms with Gasteiger partial charge in [0.15, 0.2) is 5.13 Å². The number of anilines is 2. The predicted molar refractivity (Wildman–Crippen MR) is 107 cm³/mol. The van der Waals surface area contributed by atoms with E-state index in [1.807, 2.05) is 11.8 Å². The minimum atomic E-state index is 0.0901. The minimum absolute atomic E-state index is 0.0901. The largest absolute Gasteiger partial charge is 0.309 e. The van der Waals surface area contributed by atoms with Crippen molar-refractivity contribution >= 4 is 34.0 Å². The first-order valence-corrected chi connectivity index (χ1v) is 10.6. The van der Waals surface area contributed by atoms with E-state index < -0.39 is 0 Å². The molecule has 2 amide bonds. The van der Waals surface area contributed by atoms with Gasteiger partial charge < -0.3 is 10.2 Å². The van der Waals surface area contributed by atoms with E-state index in [0.717, 1.165) is 53.9 Å². The lowest BCUT2D eigenvalue weighted by atomic mass is 10.0. The molecule has 2 heterocycles. The van der Waals surface area contributed by atoms with Crippen LogP contribution in [0.25, 0.3) is 11.3 Å². The fraction of sp³-hybridized carbons (Fsp3) is 0.476. The Kier molecular flexibility index (Phi) is 3.86. The zero-order valence-electron chi connectivity index (χ0n) is 15.6. The van der Waals surface area contributed by atoms with Crippen molar-refractivity contribution in [3.05, 3.63) is 28.6 Å². The summed E-state index contributed by atoms with van der Waals surface area (Å²) in [6.45, 7) is 4.16. The normalized spacial score (nSPS) is 21.3. The van der Waals surface area contributed by atoms with Crippen LogP contribution in [0, 0.1) is 18.8 Å². The highest BCUT2D eigenvalue weighted by Gasteiger charge is 2.39. The van der Waals surface area contributed by atoms with E-state index in [2.05, 4.69) is 35.4 Å². The fourth-order valence-electron chi connectivity index (χ4n) is 3.91. The minimum Gasteiger partial charge on any atom is -0.309 e. The number of nitrogens with zero attached hydrogens (tertiary/aromatic N) is 2. The summed E-state index contributed by atoms with van der Waals surface area (Å²) in [6.07, 6.45) is 4.92. The molecule has 0 bridgehead atoms. The molecule has 0 saturated heterocycles. The van der Waals surface area contributed by atoms with Crippen molar-refractivity contribution in [1.82, 2.24) is 4.98 Å². The molecule has 3 aliphatic rings. The summed E-state index contributed by atoms with van der Waals surface area (Å²) in [5, 5.41) is 3.63. The Balaban J connectivity index is 1.42. The number of carbonyl (C=O) groups is 2. The number of thiazole rings is 1. The summed E-state index contributed by atoms with van der Waals surface area (Å²) in [5.41, 5.74) is 4.25. The number of hydrogen-bond acceptors (Lipinski definition) is 4. The molecule has 27 heavy (non-hydrogen) atoms. The van der Waals surface area contributed by atoms with E-state index >= 15 is 0 Å². The maximum Gasteiger partial charge on any atom is 0.230 e. The lowest BCUT2D eigenvalue weighted by molar-refractivity contribution is -0.120. The maximum atomic E-state index is 12.6. The van der Waals surface area contributed by atoms with Gasteiger partial charge in [-0.1, -0.05) is 6.07 Å². The molecule has 1 atom stereocenters. The molecule has 1 aliphatic heterocycles. The van der Waals surface area contributed by atoms with Gasteiger partial charge >= 0.3 is 0 Å². The van der Waals surface area contributed by atoms with E-state index in [1.54, 1.807) is 0 Å². The van der Waals surface area contributed by atoms with Crippen LogP contribution >= 0.6 is 11.3 Å². The zero-order chi connectivity index (χ0) is 18.7. The van der Waals surface area contributed by atoms with Crippen molar-refractivity contribution in [2.45, 2.75) is 52.0 Å². The SMILES string of the molecule is Cc1sc(NC(=O)C2CC2)nc1-c1ccc2c(c1)CC(C)N2C(=O)C1CC1. The molecule has 5 nitrogen and oxygen atoms in total. The monoisotopic (exact) mass is 381 g/mol. The van der Waals surface area contributed by atoms with Crippen molar-refractivity contribution in [1.29, 1.82) is 0 Å². The van der Waals surface area contributed by atoms with Crippen molar-refractivity contribution in [2.24, 2.45) is 11.8 Å². The second-order valence-electron chi connectivity index (χ2n) is 8.07. The highest BCUT2D eigenvalue weighted by molar-refractivity contribution is 7.16. The van der Waals surface area contributed by atoms with Crippen LogP contribution in [0.5, 0.6) is 0 Å². The second kappa shape index (κ2) is 6.16. The summed E-state index contributed by atoms with van der Waals surface area (Å²) in [7, 11) is 0. The van der Waals surface area contributed by atoms with Crippen LogP contribution in [0.2, 0.25) is 0 Å². The molecule has 2 aromatic rings. The van der Waals surface area contributed by atoms with E-state index in [4.69, 9.17) is 0 Å². The average Bonchev–Trinajstić information content (AvgIpc) is 3.54. The number of aryl methyl sites for hydroxylation is 1. The van der Waals surface area contributed by atoms with Gasteiger partial charge in [0.05, 0.1) is 5.69 Å². The molecule has 1 N–H and O–H groups in total. The highest BCUT2D eigenvalue weighted by Crippen LogP contribution is 2.41. The molecule has 5 rings (SSSR count).